The number of rotatable bonds is 8. The number of hydrogen-bond donors (Lipinski definition) is 1. The number of hydrogen-bond acceptors (Lipinski definition) is 3. The Morgan fingerprint density at radius 2 is 2.14 bits per heavy atom. The SMILES string of the molecule is CCCNC(Cc1ccn(C)n1)c1cccc(OCC)c1. The molecule has 1 unspecified atom stereocenters. The predicted octanol–water partition coefficient (Wildman–Crippen LogP) is 3.10. The van der Waals surface area contributed by atoms with Gasteiger partial charge in [-0.2, -0.15) is 5.10 Å². The molecule has 1 atom stereocenters. The van der Waals surface area contributed by atoms with E-state index in [0.717, 1.165) is 30.8 Å². The molecule has 0 fully saturated rings. The smallest absolute Gasteiger partial charge is 0.119 e. The highest BCUT2D eigenvalue weighted by atomic mass is 16.5. The summed E-state index contributed by atoms with van der Waals surface area (Å²) in [5.74, 6) is 0.930. The van der Waals surface area contributed by atoms with E-state index < -0.39 is 0 Å². The third kappa shape index (κ3) is 4.60. The van der Waals surface area contributed by atoms with E-state index >= 15 is 0 Å². The predicted molar refractivity (Wildman–Crippen MR) is 85.6 cm³/mol. The topological polar surface area (TPSA) is 39.1 Å². The van der Waals surface area contributed by atoms with E-state index in [2.05, 4.69) is 41.6 Å². The van der Waals surface area contributed by atoms with Gasteiger partial charge in [-0.1, -0.05) is 19.1 Å². The number of aryl methyl sites for hydroxylation is 1. The molecule has 0 aliphatic rings. The van der Waals surface area contributed by atoms with Gasteiger partial charge in [-0.05, 0) is 43.7 Å². The maximum atomic E-state index is 5.61. The summed E-state index contributed by atoms with van der Waals surface area (Å²) >= 11 is 0. The van der Waals surface area contributed by atoms with Crippen LogP contribution in [0.4, 0.5) is 0 Å². The molecule has 4 nitrogen and oxygen atoms in total. The van der Waals surface area contributed by atoms with Gasteiger partial charge < -0.3 is 10.1 Å². The molecule has 1 aromatic heterocycles. The van der Waals surface area contributed by atoms with Crippen LogP contribution in [0.25, 0.3) is 0 Å². The van der Waals surface area contributed by atoms with Crippen LogP contribution < -0.4 is 10.1 Å². The summed E-state index contributed by atoms with van der Waals surface area (Å²) in [4.78, 5) is 0. The first kappa shape index (κ1) is 15.6. The van der Waals surface area contributed by atoms with Crippen molar-refractivity contribution >= 4 is 0 Å². The summed E-state index contributed by atoms with van der Waals surface area (Å²) in [7, 11) is 1.95. The fraction of sp³-hybridized carbons (Fsp3) is 0.471. The second kappa shape index (κ2) is 7.84. The first-order valence-electron chi connectivity index (χ1n) is 7.67. The van der Waals surface area contributed by atoms with Gasteiger partial charge in [-0.3, -0.25) is 4.68 Å². The lowest BCUT2D eigenvalue weighted by Gasteiger charge is -2.19. The van der Waals surface area contributed by atoms with Gasteiger partial charge in [0.15, 0.2) is 0 Å². The van der Waals surface area contributed by atoms with Crippen molar-refractivity contribution in [2.75, 3.05) is 13.2 Å². The standard InChI is InChI=1S/C17H25N3O/c1-4-10-18-17(13-15-9-11-20(3)19-15)14-7-6-8-16(12-14)21-5-2/h6-9,11-12,17-18H,4-5,10,13H2,1-3H3. The molecule has 0 aliphatic heterocycles. The highest BCUT2D eigenvalue weighted by molar-refractivity contribution is 5.31. The first-order valence-corrected chi connectivity index (χ1v) is 7.67. The van der Waals surface area contributed by atoms with Crippen molar-refractivity contribution in [2.45, 2.75) is 32.7 Å². The molecule has 0 saturated heterocycles. The third-order valence-corrected chi connectivity index (χ3v) is 3.39. The Balaban J connectivity index is 2.16. The van der Waals surface area contributed by atoms with Gasteiger partial charge in [0.05, 0.1) is 12.3 Å². The molecule has 0 spiro atoms. The van der Waals surface area contributed by atoms with E-state index in [0.29, 0.717) is 6.61 Å². The Kier molecular flexibility index (Phi) is 5.81. The highest BCUT2D eigenvalue weighted by Crippen LogP contribution is 2.22. The number of nitrogens with one attached hydrogen (secondary N) is 1. The minimum atomic E-state index is 0.264. The third-order valence-electron chi connectivity index (χ3n) is 3.39. The number of ether oxygens (including phenoxy) is 1. The highest BCUT2D eigenvalue weighted by Gasteiger charge is 2.13. The summed E-state index contributed by atoms with van der Waals surface area (Å²) < 4.78 is 7.46. The largest absolute Gasteiger partial charge is 0.494 e. The molecule has 2 aromatic rings. The summed E-state index contributed by atoms with van der Waals surface area (Å²) in [6.45, 7) is 5.88. The second-order valence-corrected chi connectivity index (χ2v) is 5.20. The van der Waals surface area contributed by atoms with Crippen molar-refractivity contribution in [2.24, 2.45) is 7.05 Å². The quantitative estimate of drug-likeness (QED) is 0.811. The van der Waals surface area contributed by atoms with Crippen molar-refractivity contribution in [3.8, 4) is 5.75 Å². The van der Waals surface area contributed by atoms with E-state index in [9.17, 15) is 0 Å². The molecular weight excluding hydrogens is 262 g/mol. The lowest BCUT2D eigenvalue weighted by Crippen LogP contribution is -2.24. The molecule has 1 N–H and O–H groups in total. The van der Waals surface area contributed by atoms with Crippen LogP contribution >= 0.6 is 0 Å². The molecule has 21 heavy (non-hydrogen) atoms. The van der Waals surface area contributed by atoms with Crippen LogP contribution in [-0.2, 0) is 13.5 Å². The monoisotopic (exact) mass is 287 g/mol. The second-order valence-electron chi connectivity index (χ2n) is 5.20. The van der Waals surface area contributed by atoms with Crippen molar-refractivity contribution in [1.29, 1.82) is 0 Å². The maximum Gasteiger partial charge on any atom is 0.119 e. The molecule has 4 heteroatoms. The zero-order valence-corrected chi connectivity index (χ0v) is 13.2. The van der Waals surface area contributed by atoms with E-state index in [1.165, 1.54) is 5.56 Å². The molecule has 1 heterocycles. The molecule has 1 aromatic carbocycles. The molecule has 0 radical (unpaired) electrons. The van der Waals surface area contributed by atoms with Gasteiger partial charge in [-0.15, -0.1) is 0 Å². The van der Waals surface area contributed by atoms with Crippen molar-refractivity contribution < 1.29 is 4.74 Å². The van der Waals surface area contributed by atoms with Gasteiger partial charge in [0.1, 0.15) is 5.75 Å². The fourth-order valence-corrected chi connectivity index (χ4v) is 2.40. The van der Waals surface area contributed by atoms with E-state index in [1.807, 2.05) is 30.9 Å². The molecule has 0 aliphatic carbocycles. The van der Waals surface area contributed by atoms with Crippen molar-refractivity contribution in [3.63, 3.8) is 0 Å². The summed E-state index contributed by atoms with van der Waals surface area (Å²) in [6.07, 6.45) is 3.99. The average Bonchev–Trinajstić information content (AvgIpc) is 2.89. The summed E-state index contributed by atoms with van der Waals surface area (Å²) in [5, 5.41) is 8.10. The van der Waals surface area contributed by atoms with E-state index in [4.69, 9.17) is 4.74 Å². The Labute approximate surface area is 127 Å². The molecule has 114 valence electrons. The Morgan fingerprint density at radius 3 is 2.81 bits per heavy atom. The van der Waals surface area contributed by atoms with Gasteiger partial charge in [0, 0.05) is 25.7 Å². The number of aromatic nitrogens is 2. The lowest BCUT2D eigenvalue weighted by molar-refractivity contribution is 0.339. The summed E-state index contributed by atoms with van der Waals surface area (Å²) in [6, 6.07) is 10.7. The van der Waals surface area contributed by atoms with Crippen LogP contribution in [0.2, 0.25) is 0 Å². The zero-order chi connectivity index (χ0) is 15.1. The van der Waals surface area contributed by atoms with Crippen molar-refractivity contribution in [1.82, 2.24) is 15.1 Å². The van der Waals surface area contributed by atoms with E-state index in [1.54, 1.807) is 0 Å². The van der Waals surface area contributed by atoms with E-state index in [-0.39, 0.29) is 6.04 Å². The minimum absolute atomic E-state index is 0.264. The zero-order valence-electron chi connectivity index (χ0n) is 13.2. The molecule has 0 saturated carbocycles. The van der Waals surface area contributed by atoms with Crippen LogP contribution in [-0.4, -0.2) is 22.9 Å². The van der Waals surface area contributed by atoms with Crippen LogP contribution in [0.15, 0.2) is 36.5 Å². The molecule has 0 amide bonds. The van der Waals surface area contributed by atoms with Gasteiger partial charge >= 0.3 is 0 Å². The lowest BCUT2D eigenvalue weighted by atomic mass is 10.0. The van der Waals surface area contributed by atoms with Crippen LogP contribution in [0.1, 0.15) is 37.6 Å². The van der Waals surface area contributed by atoms with Crippen LogP contribution in [0.5, 0.6) is 5.75 Å². The number of benzene rings is 1. The Bertz CT molecular complexity index is 550. The van der Waals surface area contributed by atoms with Gasteiger partial charge in [0.2, 0.25) is 0 Å². The number of nitrogens with zero attached hydrogens (tertiary/aromatic N) is 2. The Hall–Kier alpha value is -1.81. The summed E-state index contributed by atoms with van der Waals surface area (Å²) in [5.41, 5.74) is 2.35. The van der Waals surface area contributed by atoms with Crippen LogP contribution in [0, 0.1) is 0 Å². The van der Waals surface area contributed by atoms with Crippen molar-refractivity contribution in [3.05, 3.63) is 47.8 Å². The minimum Gasteiger partial charge on any atom is -0.494 e. The fourth-order valence-electron chi connectivity index (χ4n) is 2.40. The molecular formula is C17H25N3O. The normalized spacial score (nSPS) is 12.3. The first-order chi connectivity index (χ1) is 10.2. The maximum absolute atomic E-state index is 5.61. The average molecular weight is 287 g/mol. The molecule has 2 rings (SSSR count). The van der Waals surface area contributed by atoms with Gasteiger partial charge in [0.25, 0.3) is 0 Å². The van der Waals surface area contributed by atoms with Gasteiger partial charge in [-0.25, -0.2) is 0 Å². The molecule has 0 bridgehead atoms. The van der Waals surface area contributed by atoms with Crippen LogP contribution in [0.3, 0.4) is 0 Å². The Morgan fingerprint density at radius 1 is 1.29 bits per heavy atom.